The average Bonchev–Trinajstić information content (AvgIpc) is 2.84. The Morgan fingerprint density at radius 1 is 1.45 bits per heavy atom. The monoisotopic (exact) mass is 301 g/mol. The van der Waals surface area contributed by atoms with Crippen LogP contribution in [0.25, 0.3) is 0 Å². The molecule has 0 aliphatic heterocycles. The van der Waals surface area contributed by atoms with E-state index < -0.39 is 16.0 Å². The van der Waals surface area contributed by atoms with Crippen LogP contribution in [0, 0.1) is 0 Å². The van der Waals surface area contributed by atoms with E-state index in [0.29, 0.717) is 0 Å². The minimum Gasteiger partial charge on any atom is -0.462 e. The van der Waals surface area contributed by atoms with Gasteiger partial charge in [-0.05, 0) is 19.8 Å². The van der Waals surface area contributed by atoms with Gasteiger partial charge in [0.25, 0.3) is 10.0 Å². The Morgan fingerprint density at radius 3 is 2.65 bits per heavy atom. The molecule has 1 saturated carbocycles. The number of carbonyl (C=O) groups excluding carboxylic acids is 1. The van der Waals surface area contributed by atoms with Crippen LogP contribution < -0.4 is 5.14 Å². The van der Waals surface area contributed by atoms with E-state index in [0.717, 1.165) is 32.1 Å². The highest BCUT2D eigenvalue weighted by Crippen LogP contribution is 2.30. The molecule has 0 radical (unpaired) electrons. The number of hydrogen-bond donors (Lipinski definition) is 1. The van der Waals surface area contributed by atoms with Crippen molar-refractivity contribution in [1.82, 2.24) is 9.78 Å². The van der Waals surface area contributed by atoms with E-state index in [4.69, 9.17) is 9.88 Å². The van der Waals surface area contributed by atoms with Crippen molar-refractivity contribution in [3.05, 3.63) is 11.8 Å². The summed E-state index contributed by atoms with van der Waals surface area (Å²) < 4.78 is 29.8. The SMILES string of the molecule is CCOC(=O)c1cnn(C2CCCCC2)c1S(N)(=O)=O. The number of ether oxygens (including phenoxy) is 1. The Kier molecular flexibility index (Phi) is 4.44. The van der Waals surface area contributed by atoms with Gasteiger partial charge < -0.3 is 4.74 Å². The molecule has 8 heteroatoms. The molecule has 0 bridgehead atoms. The summed E-state index contributed by atoms with van der Waals surface area (Å²) in [6.45, 7) is 1.82. The minimum atomic E-state index is -4.03. The molecule has 0 saturated heterocycles. The highest BCUT2D eigenvalue weighted by molar-refractivity contribution is 7.89. The van der Waals surface area contributed by atoms with Gasteiger partial charge >= 0.3 is 5.97 Å². The number of primary sulfonamides is 1. The number of esters is 1. The van der Waals surface area contributed by atoms with E-state index in [9.17, 15) is 13.2 Å². The van der Waals surface area contributed by atoms with Gasteiger partial charge in [0.2, 0.25) is 0 Å². The van der Waals surface area contributed by atoms with Gasteiger partial charge in [0.05, 0.1) is 18.8 Å². The second-order valence-corrected chi connectivity index (χ2v) is 6.34. The summed E-state index contributed by atoms with van der Waals surface area (Å²) in [5.41, 5.74) is -0.0834. The number of carbonyl (C=O) groups is 1. The topological polar surface area (TPSA) is 104 Å². The number of aromatic nitrogens is 2. The normalized spacial score (nSPS) is 17.1. The zero-order valence-corrected chi connectivity index (χ0v) is 12.2. The van der Waals surface area contributed by atoms with E-state index in [-0.39, 0.29) is 23.2 Å². The molecule has 0 amide bonds. The molecule has 1 aromatic heterocycles. The summed E-state index contributed by atoms with van der Waals surface area (Å²) in [7, 11) is -4.03. The number of nitrogens with zero attached hydrogens (tertiary/aromatic N) is 2. The molecule has 1 heterocycles. The van der Waals surface area contributed by atoms with Crippen LogP contribution in [0.5, 0.6) is 0 Å². The van der Waals surface area contributed by atoms with Crippen molar-refractivity contribution in [3.8, 4) is 0 Å². The molecule has 1 fully saturated rings. The molecule has 7 nitrogen and oxygen atoms in total. The first kappa shape index (κ1) is 15.0. The van der Waals surface area contributed by atoms with Crippen molar-refractivity contribution in [2.24, 2.45) is 5.14 Å². The summed E-state index contributed by atoms with van der Waals surface area (Å²) in [6.07, 6.45) is 6.07. The first-order valence-electron chi connectivity index (χ1n) is 6.72. The fourth-order valence-corrected chi connectivity index (χ4v) is 3.47. The maximum absolute atomic E-state index is 11.8. The largest absolute Gasteiger partial charge is 0.462 e. The van der Waals surface area contributed by atoms with Crippen molar-refractivity contribution >= 4 is 16.0 Å². The van der Waals surface area contributed by atoms with Crippen molar-refractivity contribution in [1.29, 1.82) is 0 Å². The first-order valence-corrected chi connectivity index (χ1v) is 8.27. The molecule has 0 aromatic carbocycles. The second kappa shape index (κ2) is 5.92. The maximum atomic E-state index is 11.8. The van der Waals surface area contributed by atoms with E-state index >= 15 is 0 Å². The van der Waals surface area contributed by atoms with Crippen LogP contribution in [-0.2, 0) is 14.8 Å². The predicted molar refractivity (Wildman–Crippen MR) is 71.7 cm³/mol. The van der Waals surface area contributed by atoms with Crippen LogP contribution in [0.2, 0.25) is 0 Å². The van der Waals surface area contributed by atoms with Gasteiger partial charge in [-0.25, -0.2) is 23.0 Å². The van der Waals surface area contributed by atoms with E-state index in [1.165, 1.54) is 10.9 Å². The van der Waals surface area contributed by atoms with Crippen molar-refractivity contribution < 1.29 is 17.9 Å². The van der Waals surface area contributed by atoms with E-state index in [2.05, 4.69) is 5.10 Å². The molecule has 0 spiro atoms. The van der Waals surface area contributed by atoms with Gasteiger partial charge in [-0.2, -0.15) is 5.10 Å². The highest BCUT2D eigenvalue weighted by atomic mass is 32.2. The fourth-order valence-electron chi connectivity index (χ4n) is 2.57. The molecule has 1 aromatic rings. The molecule has 112 valence electrons. The Morgan fingerprint density at radius 2 is 2.10 bits per heavy atom. The van der Waals surface area contributed by atoms with Crippen LogP contribution in [0.3, 0.4) is 0 Å². The Hall–Kier alpha value is -1.41. The summed E-state index contributed by atoms with van der Waals surface area (Å²) in [6, 6.07) is -0.0275. The van der Waals surface area contributed by atoms with Gasteiger partial charge in [-0.1, -0.05) is 19.3 Å². The summed E-state index contributed by atoms with van der Waals surface area (Å²) in [4.78, 5) is 11.8. The van der Waals surface area contributed by atoms with Crippen molar-refractivity contribution in [2.45, 2.75) is 50.1 Å². The van der Waals surface area contributed by atoms with Crippen LogP contribution in [0.1, 0.15) is 55.4 Å². The maximum Gasteiger partial charge on any atom is 0.342 e. The van der Waals surface area contributed by atoms with E-state index in [1.54, 1.807) is 6.92 Å². The van der Waals surface area contributed by atoms with Crippen LogP contribution in [0.4, 0.5) is 0 Å². The summed E-state index contributed by atoms with van der Waals surface area (Å²) in [5, 5.41) is 9.08. The molecular weight excluding hydrogens is 282 g/mol. The zero-order chi connectivity index (χ0) is 14.8. The lowest BCUT2D eigenvalue weighted by molar-refractivity contribution is 0.0521. The average molecular weight is 301 g/mol. The molecule has 2 rings (SSSR count). The van der Waals surface area contributed by atoms with Gasteiger partial charge in [0, 0.05) is 0 Å². The molecular formula is C12H19N3O4S. The number of hydrogen-bond acceptors (Lipinski definition) is 5. The van der Waals surface area contributed by atoms with E-state index in [1.807, 2.05) is 0 Å². The minimum absolute atomic E-state index is 0.0275. The lowest BCUT2D eigenvalue weighted by Crippen LogP contribution is -2.25. The highest BCUT2D eigenvalue weighted by Gasteiger charge is 2.30. The second-order valence-electron chi connectivity index (χ2n) is 4.87. The summed E-state index contributed by atoms with van der Waals surface area (Å²) >= 11 is 0. The third-order valence-electron chi connectivity index (χ3n) is 3.44. The molecule has 1 aliphatic rings. The number of nitrogens with two attached hydrogens (primary N) is 1. The molecule has 20 heavy (non-hydrogen) atoms. The lowest BCUT2D eigenvalue weighted by atomic mass is 9.96. The van der Waals surface area contributed by atoms with Gasteiger partial charge in [-0.15, -0.1) is 0 Å². The third kappa shape index (κ3) is 3.01. The van der Waals surface area contributed by atoms with Gasteiger partial charge in [0.15, 0.2) is 5.03 Å². The van der Waals surface area contributed by atoms with Crippen LogP contribution >= 0.6 is 0 Å². The van der Waals surface area contributed by atoms with Crippen LogP contribution in [0.15, 0.2) is 11.2 Å². The van der Waals surface area contributed by atoms with Crippen molar-refractivity contribution in [2.75, 3.05) is 6.61 Å². The molecule has 0 unspecified atom stereocenters. The quantitative estimate of drug-likeness (QED) is 0.842. The molecule has 2 N–H and O–H groups in total. The standard InChI is InChI=1S/C12H19N3O4S/c1-2-19-12(16)10-8-14-15(11(10)20(13,17)18)9-6-4-3-5-7-9/h8-9H,2-7H2,1H3,(H2,13,17,18). The zero-order valence-electron chi connectivity index (χ0n) is 11.4. The molecule has 1 aliphatic carbocycles. The fraction of sp³-hybridized carbons (Fsp3) is 0.667. The smallest absolute Gasteiger partial charge is 0.342 e. The van der Waals surface area contributed by atoms with Crippen LogP contribution in [-0.4, -0.2) is 30.8 Å². The number of sulfonamides is 1. The van der Waals surface area contributed by atoms with Gasteiger partial charge in [0.1, 0.15) is 5.56 Å². The molecule has 0 atom stereocenters. The Labute approximate surface area is 118 Å². The first-order chi connectivity index (χ1) is 9.45. The Balaban J connectivity index is 2.45. The third-order valence-corrected chi connectivity index (χ3v) is 4.38. The van der Waals surface area contributed by atoms with Crippen molar-refractivity contribution in [3.63, 3.8) is 0 Å². The number of rotatable bonds is 4. The lowest BCUT2D eigenvalue weighted by Gasteiger charge is -2.23. The summed E-state index contributed by atoms with van der Waals surface area (Å²) in [5.74, 6) is -0.710. The Bertz CT molecular complexity index is 588. The van der Waals surface area contributed by atoms with Gasteiger partial charge in [-0.3, -0.25) is 0 Å². The predicted octanol–water partition coefficient (Wildman–Crippen LogP) is 1.21.